The van der Waals surface area contributed by atoms with Crippen LogP contribution in [0.25, 0.3) is 0 Å². The van der Waals surface area contributed by atoms with Crippen molar-refractivity contribution in [1.29, 1.82) is 0 Å². The molecule has 1 aliphatic carbocycles. The van der Waals surface area contributed by atoms with Crippen molar-refractivity contribution in [3.05, 3.63) is 99.4 Å². The van der Waals surface area contributed by atoms with E-state index < -0.39 is 16.4 Å². The van der Waals surface area contributed by atoms with Crippen LogP contribution in [0.3, 0.4) is 0 Å². The highest BCUT2D eigenvalue weighted by atomic mass is 16.6. The van der Waals surface area contributed by atoms with Gasteiger partial charge < -0.3 is 15.0 Å². The molecule has 0 spiro atoms. The second-order valence-electron chi connectivity index (χ2n) is 9.46. The van der Waals surface area contributed by atoms with Gasteiger partial charge >= 0.3 is 0 Å². The van der Waals surface area contributed by atoms with Gasteiger partial charge in [0.25, 0.3) is 17.5 Å². The zero-order valence-electron chi connectivity index (χ0n) is 20.6. The number of aromatic nitrogens is 1. The Morgan fingerprint density at radius 2 is 1.89 bits per heavy atom. The van der Waals surface area contributed by atoms with Crippen LogP contribution in [0.4, 0.5) is 5.69 Å². The maximum atomic E-state index is 14.4. The molecular weight excluding hydrogens is 472 g/mol. The lowest BCUT2D eigenvalue weighted by molar-refractivity contribution is -0.384. The number of nitrogens with zero attached hydrogens (tertiary/aromatic N) is 3. The molecule has 3 aromatic rings. The monoisotopic (exact) mass is 500 g/mol. The van der Waals surface area contributed by atoms with E-state index in [1.54, 1.807) is 43.6 Å². The second kappa shape index (κ2) is 10.0. The molecule has 1 N–H and O–H groups in total. The number of fused-ring (bicyclic) bond motifs is 1. The number of ether oxygens (including phenoxy) is 1. The van der Waals surface area contributed by atoms with Crippen molar-refractivity contribution in [2.75, 3.05) is 7.11 Å². The van der Waals surface area contributed by atoms with Crippen molar-refractivity contribution in [3.63, 3.8) is 0 Å². The number of non-ortho nitro benzene ring substituents is 1. The molecule has 9 heteroatoms. The standard InChI is InChI=1S/C28H28N4O5/c1-37-22-13-10-19(11-14-22)18-31-26(33)23-17-21(32(35)36)12-15-24(23)28(31,25-9-5-6-16-29-25)27(34)30-20-7-3-2-4-8-20/h5-6,9-17,20H,2-4,7-8,18H2,1H3,(H,30,34). The summed E-state index contributed by atoms with van der Waals surface area (Å²) in [6.07, 6.45) is 6.50. The Morgan fingerprint density at radius 1 is 1.14 bits per heavy atom. The van der Waals surface area contributed by atoms with E-state index in [1.807, 2.05) is 12.1 Å². The van der Waals surface area contributed by atoms with Gasteiger partial charge in [0.1, 0.15) is 5.75 Å². The summed E-state index contributed by atoms with van der Waals surface area (Å²) in [4.78, 5) is 45.4. The minimum atomic E-state index is -1.58. The smallest absolute Gasteiger partial charge is 0.270 e. The number of pyridine rings is 1. The van der Waals surface area contributed by atoms with Gasteiger partial charge in [-0.25, -0.2) is 0 Å². The summed E-state index contributed by atoms with van der Waals surface area (Å²) in [5, 5.41) is 14.8. The van der Waals surface area contributed by atoms with Gasteiger partial charge in [-0.1, -0.05) is 37.5 Å². The first kappa shape index (κ1) is 24.4. The normalized spacial score (nSPS) is 19.4. The molecule has 1 fully saturated rings. The molecular formula is C28H28N4O5. The zero-order valence-corrected chi connectivity index (χ0v) is 20.6. The minimum absolute atomic E-state index is 0.0122. The summed E-state index contributed by atoms with van der Waals surface area (Å²) < 4.78 is 5.26. The Balaban J connectivity index is 1.68. The van der Waals surface area contributed by atoms with Crippen LogP contribution >= 0.6 is 0 Å². The number of methoxy groups -OCH3 is 1. The van der Waals surface area contributed by atoms with Crippen LogP contribution in [-0.4, -0.2) is 39.8 Å². The largest absolute Gasteiger partial charge is 0.497 e. The number of carbonyl (C=O) groups is 2. The molecule has 0 radical (unpaired) electrons. The topological polar surface area (TPSA) is 115 Å². The summed E-state index contributed by atoms with van der Waals surface area (Å²) in [6.45, 7) is 0.0972. The predicted octanol–water partition coefficient (Wildman–Crippen LogP) is 4.35. The highest BCUT2D eigenvalue weighted by Gasteiger charge is 2.57. The van der Waals surface area contributed by atoms with Crippen LogP contribution in [-0.2, 0) is 16.9 Å². The highest BCUT2D eigenvalue weighted by molar-refractivity contribution is 6.09. The van der Waals surface area contributed by atoms with Crippen molar-refractivity contribution < 1.29 is 19.2 Å². The van der Waals surface area contributed by atoms with Gasteiger partial charge in [-0.3, -0.25) is 24.7 Å². The van der Waals surface area contributed by atoms with Crippen molar-refractivity contribution in [2.45, 2.75) is 50.2 Å². The molecule has 0 bridgehead atoms. The number of nitrogens with one attached hydrogen (secondary N) is 1. The van der Waals surface area contributed by atoms with E-state index in [1.165, 1.54) is 23.1 Å². The Bertz CT molecular complexity index is 1320. The molecule has 1 saturated carbocycles. The number of hydrogen-bond donors (Lipinski definition) is 1. The van der Waals surface area contributed by atoms with Crippen molar-refractivity contribution in [2.24, 2.45) is 0 Å². The molecule has 1 unspecified atom stereocenters. The van der Waals surface area contributed by atoms with Gasteiger partial charge in [0, 0.05) is 36.5 Å². The predicted molar refractivity (Wildman–Crippen MR) is 136 cm³/mol. The molecule has 9 nitrogen and oxygen atoms in total. The number of nitro benzene ring substituents is 1. The first-order chi connectivity index (χ1) is 17.9. The van der Waals surface area contributed by atoms with Crippen LogP contribution in [0.15, 0.2) is 66.9 Å². The first-order valence-corrected chi connectivity index (χ1v) is 12.4. The number of carbonyl (C=O) groups excluding carboxylic acids is 2. The second-order valence-corrected chi connectivity index (χ2v) is 9.46. The van der Waals surface area contributed by atoms with E-state index >= 15 is 0 Å². The number of rotatable bonds is 7. The lowest BCUT2D eigenvalue weighted by atomic mass is 9.83. The van der Waals surface area contributed by atoms with Crippen LogP contribution < -0.4 is 10.1 Å². The van der Waals surface area contributed by atoms with Crippen LogP contribution in [0, 0.1) is 10.1 Å². The number of hydrogen-bond acceptors (Lipinski definition) is 6. The van der Waals surface area contributed by atoms with Gasteiger partial charge in [0.05, 0.1) is 23.3 Å². The number of nitro groups is 1. The van der Waals surface area contributed by atoms with Crippen molar-refractivity contribution in [3.8, 4) is 5.75 Å². The number of amides is 2. The molecule has 2 aromatic carbocycles. The molecule has 1 aliphatic heterocycles. The highest BCUT2D eigenvalue weighted by Crippen LogP contribution is 2.46. The van der Waals surface area contributed by atoms with Gasteiger partial charge in [-0.05, 0) is 48.7 Å². The summed E-state index contributed by atoms with van der Waals surface area (Å²) in [5.41, 5.74) is -0.100. The van der Waals surface area contributed by atoms with Gasteiger partial charge in [-0.15, -0.1) is 0 Å². The lowest BCUT2D eigenvalue weighted by Gasteiger charge is -2.39. The van der Waals surface area contributed by atoms with Crippen molar-refractivity contribution >= 4 is 17.5 Å². The molecule has 2 heterocycles. The van der Waals surface area contributed by atoms with Crippen LogP contribution in [0.5, 0.6) is 5.75 Å². The fourth-order valence-electron chi connectivity index (χ4n) is 5.44. The van der Waals surface area contributed by atoms with Crippen LogP contribution in [0.1, 0.15) is 59.3 Å². The van der Waals surface area contributed by atoms with Gasteiger partial charge in [0.2, 0.25) is 0 Å². The first-order valence-electron chi connectivity index (χ1n) is 12.4. The molecule has 190 valence electrons. The summed E-state index contributed by atoms with van der Waals surface area (Å²) in [6, 6.07) is 16.6. The molecule has 37 heavy (non-hydrogen) atoms. The van der Waals surface area contributed by atoms with E-state index in [0.29, 0.717) is 17.0 Å². The van der Waals surface area contributed by atoms with Crippen molar-refractivity contribution in [1.82, 2.24) is 15.2 Å². The fraction of sp³-hybridized carbons (Fsp3) is 0.321. The molecule has 1 atom stereocenters. The molecule has 5 rings (SSSR count). The van der Waals surface area contributed by atoms with E-state index in [9.17, 15) is 19.7 Å². The average Bonchev–Trinajstić information content (AvgIpc) is 3.18. The maximum Gasteiger partial charge on any atom is 0.270 e. The van der Waals surface area contributed by atoms with Gasteiger partial charge in [-0.2, -0.15) is 0 Å². The lowest BCUT2D eigenvalue weighted by Crippen LogP contribution is -2.57. The van der Waals surface area contributed by atoms with E-state index in [2.05, 4.69) is 10.3 Å². The Hall–Kier alpha value is -4.27. The fourth-order valence-corrected chi connectivity index (χ4v) is 5.44. The van der Waals surface area contributed by atoms with E-state index in [-0.39, 0.29) is 29.7 Å². The Kier molecular flexibility index (Phi) is 6.60. The average molecular weight is 501 g/mol. The summed E-state index contributed by atoms with van der Waals surface area (Å²) in [5.74, 6) is -0.145. The maximum absolute atomic E-state index is 14.4. The third-order valence-electron chi connectivity index (χ3n) is 7.29. The van der Waals surface area contributed by atoms with E-state index in [4.69, 9.17) is 4.74 Å². The third kappa shape index (κ3) is 4.30. The molecule has 2 amide bonds. The van der Waals surface area contributed by atoms with Gasteiger partial charge in [0.15, 0.2) is 5.54 Å². The summed E-state index contributed by atoms with van der Waals surface area (Å²) in [7, 11) is 1.57. The third-order valence-corrected chi connectivity index (χ3v) is 7.29. The molecule has 0 saturated heterocycles. The molecule has 1 aromatic heterocycles. The minimum Gasteiger partial charge on any atom is -0.497 e. The SMILES string of the molecule is COc1ccc(CN2C(=O)c3cc([N+](=O)[O-])ccc3C2(C(=O)NC2CCCCC2)c2ccccn2)cc1. The Morgan fingerprint density at radius 3 is 2.54 bits per heavy atom. The zero-order chi connectivity index (χ0) is 26.0. The number of benzene rings is 2. The van der Waals surface area contributed by atoms with Crippen LogP contribution in [0.2, 0.25) is 0 Å². The van der Waals surface area contributed by atoms with E-state index in [0.717, 1.165) is 37.7 Å². The summed E-state index contributed by atoms with van der Waals surface area (Å²) >= 11 is 0. The Labute approximate surface area is 214 Å². The molecule has 2 aliphatic rings. The quantitative estimate of drug-likeness (QED) is 0.381.